The van der Waals surface area contributed by atoms with Gasteiger partial charge in [-0.2, -0.15) is 5.10 Å². The van der Waals surface area contributed by atoms with Crippen LogP contribution in [0.15, 0.2) is 70.6 Å². The predicted octanol–water partition coefficient (Wildman–Crippen LogP) is 2.39. The third kappa shape index (κ3) is 5.40. The molecule has 4 rings (SSSR count). The first-order valence-corrected chi connectivity index (χ1v) is 12.3. The minimum Gasteiger partial charge on any atom is -0.454 e. The number of nitrogens with one attached hydrogen (secondary N) is 2. The minimum absolute atomic E-state index is 0.0588. The number of amidine groups is 1. The van der Waals surface area contributed by atoms with Crippen molar-refractivity contribution in [3.05, 3.63) is 71.9 Å². The number of ether oxygens (including phenoxy) is 1. The van der Waals surface area contributed by atoms with Gasteiger partial charge >= 0.3 is 5.97 Å². The highest BCUT2D eigenvalue weighted by atomic mass is 32.2. The molecule has 0 fully saturated rings. The number of hydrogen-bond acceptors (Lipinski definition) is 7. The van der Waals surface area contributed by atoms with Gasteiger partial charge in [0.2, 0.25) is 0 Å². The van der Waals surface area contributed by atoms with Crippen molar-refractivity contribution < 1.29 is 22.7 Å². The molecule has 10 nitrogen and oxygen atoms in total. The molecule has 0 radical (unpaired) electrons. The number of aromatic nitrogens is 2. The van der Waals surface area contributed by atoms with E-state index in [-0.39, 0.29) is 16.1 Å². The van der Waals surface area contributed by atoms with Gasteiger partial charge in [-0.25, -0.2) is 13.1 Å². The number of aliphatic imine (C=N–C) groups is 1. The Morgan fingerprint density at radius 2 is 1.77 bits per heavy atom. The number of benzene rings is 2. The molecule has 2 N–H and O–H groups in total. The fourth-order valence-electron chi connectivity index (χ4n) is 3.37. The van der Waals surface area contributed by atoms with E-state index in [9.17, 15) is 18.0 Å². The summed E-state index contributed by atoms with van der Waals surface area (Å²) in [7, 11) is -3.70. The van der Waals surface area contributed by atoms with Crippen LogP contribution in [0.3, 0.4) is 0 Å². The molecule has 0 spiro atoms. The Kier molecular flexibility index (Phi) is 6.44. The summed E-state index contributed by atoms with van der Waals surface area (Å²) < 4.78 is 33.2. The van der Waals surface area contributed by atoms with Crippen LogP contribution in [0.25, 0.3) is 5.69 Å². The van der Waals surface area contributed by atoms with E-state index in [1.54, 1.807) is 28.9 Å². The normalized spacial score (nSPS) is 15.3. The maximum Gasteiger partial charge on any atom is 0.328 e. The molecule has 182 valence electrons. The van der Waals surface area contributed by atoms with E-state index >= 15 is 0 Å². The van der Waals surface area contributed by atoms with Gasteiger partial charge in [0.25, 0.3) is 15.9 Å². The van der Waals surface area contributed by atoms with Crippen molar-refractivity contribution in [2.45, 2.75) is 31.1 Å². The van der Waals surface area contributed by atoms with Crippen LogP contribution in [-0.2, 0) is 29.8 Å². The SMILES string of the molecule is CC(C)(C)c1cc(NC(=O)COC(=O)CN=C2NS(=O)(=O)c3ccccc32)n(-c2ccccc2)n1. The molecule has 0 bridgehead atoms. The van der Waals surface area contributed by atoms with Gasteiger partial charge in [0, 0.05) is 17.0 Å². The Morgan fingerprint density at radius 3 is 2.49 bits per heavy atom. The summed E-state index contributed by atoms with van der Waals surface area (Å²) >= 11 is 0. The molecule has 35 heavy (non-hydrogen) atoms. The molecule has 1 aromatic heterocycles. The highest BCUT2D eigenvalue weighted by molar-refractivity contribution is 7.90. The highest BCUT2D eigenvalue weighted by Crippen LogP contribution is 2.26. The highest BCUT2D eigenvalue weighted by Gasteiger charge is 2.30. The van der Waals surface area contributed by atoms with Crippen LogP contribution in [0.4, 0.5) is 5.82 Å². The zero-order chi connectivity index (χ0) is 25.2. The molecule has 0 saturated carbocycles. The Balaban J connectivity index is 1.40. The average Bonchev–Trinajstić information content (AvgIpc) is 3.36. The van der Waals surface area contributed by atoms with E-state index in [0.717, 1.165) is 11.4 Å². The lowest BCUT2D eigenvalue weighted by Crippen LogP contribution is -2.25. The van der Waals surface area contributed by atoms with E-state index < -0.39 is 35.1 Å². The summed E-state index contributed by atoms with van der Waals surface area (Å²) in [6, 6.07) is 17.4. The second kappa shape index (κ2) is 9.34. The van der Waals surface area contributed by atoms with Gasteiger partial charge in [-0.15, -0.1) is 0 Å². The molecular formula is C24H25N5O5S. The number of sulfonamides is 1. The number of fused-ring (bicyclic) bond motifs is 1. The summed E-state index contributed by atoms with van der Waals surface area (Å²) in [5.74, 6) is -0.818. The van der Waals surface area contributed by atoms with Gasteiger partial charge in [0.15, 0.2) is 6.61 Å². The zero-order valence-electron chi connectivity index (χ0n) is 19.5. The van der Waals surface area contributed by atoms with Crippen LogP contribution >= 0.6 is 0 Å². The second-order valence-corrected chi connectivity index (χ2v) is 10.5. The number of nitrogens with zero attached hydrogens (tertiary/aromatic N) is 3. The summed E-state index contributed by atoms with van der Waals surface area (Å²) in [5, 5.41) is 7.36. The maximum absolute atomic E-state index is 12.5. The first kappa shape index (κ1) is 24.1. The summed E-state index contributed by atoms with van der Waals surface area (Å²) in [6.07, 6.45) is 0. The minimum atomic E-state index is -3.70. The molecule has 1 aliphatic rings. The first-order chi connectivity index (χ1) is 16.5. The Morgan fingerprint density at radius 1 is 1.09 bits per heavy atom. The van der Waals surface area contributed by atoms with Gasteiger partial charge in [-0.3, -0.25) is 19.3 Å². The Labute approximate surface area is 203 Å². The van der Waals surface area contributed by atoms with Crippen molar-refractivity contribution in [3.8, 4) is 5.69 Å². The van der Waals surface area contributed by atoms with Crippen molar-refractivity contribution >= 4 is 33.6 Å². The third-order valence-corrected chi connectivity index (χ3v) is 6.54. The molecule has 0 atom stereocenters. The molecule has 2 aromatic carbocycles. The lowest BCUT2D eigenvalue weighted by molar-refractivity contribution is -0.145. The molecule has 1 amide bonds. The van der Waals surface area contributed by atoms with Crippen LogP contribution in [-0.4, -0.2) is 49.1 Å². The topological polar surface area (TPSA) is 132 Å². The van der Waals surface area contributed by atoms with E-state index in [2.05, 4.69) is 20.1 Å². The number of rotatable bonds is 6. The standard InChI is InChI=1S/C24H25N5O5S/c1-24(2,3)19-13-20(29(27-19)16-9-5-4-6-10-16)26-21(30)15-34-22(31)14-25-23-17-11-7-8-12-18(17)35(32,33)28-23/h4-13H,14-15H2,1-3H3,(H,25,28)(H,26,30). The average molecular weight is 496 g/mol. The van der Waals surface area contributed by atoms with Gasteiger partial charge in [-0.05, 0) is 24.3 Å². The van der Waals surface area contributed by atoms with Crippen LogP contribution in [0.5, 0.6) is 0 Å². The number of amides is 1. The van der Waals surface area contributed by atoms with E-state index in [1.165, 1.54) is 6.07 Å². The first-order valence-electron chi connectivity index (χ1n) is 10.8. The largest absolute Gasteiger partial charge is 0.454 e. The van der Waals surface area contributed by atoms with Gasteiger partial charge in [0.05, 0.1) is 16.3 Å². The summed E-state index contributed by atoms with van der Waals surface area (Å²) in [4.78, 5) is 28.8. The number of hydrogen-bond donors (Lipinski definition) is 2. The summed E-state index contributed by atoms with van der Waals surface area (Å²) in [5.41, 5.74) is 1.68. The quantitative estimate of drug-likeness (QED) is 0.505. The fraction of sp³-hybridized carbons (Fsp3) is 0.250. The van der Waals surface area contributed by atoms with Crippen molar-refractivity contribution in [2.24, 2.45) is 4.99 Å². The van der Waals surface area contributed by atoms with Gasteiger partial charge in [-0.1, -0.05) is 51.1 Å². The van der Waals surface area contributed by atoms with Crippen molar-refractivity contribution in [1.82, 2.24) is 14.5 Å². The van der Waals surface area contributed by atoms with E-state index in [4.69, 9.17) is 4.74 Å². The molecule has 1 aliphatic heterocycles. The van der Waals surface area contributed by atoms with E-state index in [0.29, 0.717) is 11.4 Å². The number of carbonyl (C=O) groups excluding carboxylic acids is 2. The molecule has 0 unspecified atom stereocenters. The Hall–Kier alpha value is -3.99. The number of anilines is 1. The molecule has 2 heterocycles. The van der Waals surface area contributed by atoms with E-state index in [1.807, 2.05) is 51.1 Å². The smallest absolute Gasteiger partial charge is 0.328 e. The fourth-order valence-corrected chi connectivity index (χ4v) is 4.62. The van der Waals surface area contributed by atoms with Crippen LogP contribution in [0.2, 0.25) is 0 Å². The Bertz CT molecular complexity index is 1410. The number of carbonyl (C=O) groups is 2. The summed E-state index contributed by atoms with van der Waals surface area (Å²) in [6.45, 7) is 5.07. The molecular weight excluding hydrogens is 470 g/mol. The predicted molar refractivity (Wildman–Crippen MR) is 130 cm³/mol. The lowest BCUT2D eigenvalue weighted by atomic mass is 9.92. The lowest BCUT2D eigenvalue weighted by Gasteiger charge is -2.14. The van der Waals surface area contributed by atoms with Crippen molar-refractivity contribution in [1.29, 1.82) is 0 Å². The van der Waals surface area contributed by atoms with Gasteiger partial charge in [0.1, 0.15) is 18.2 Å². The second-order valence-electron chi connectivity index (χ2n) is 8.89. The van der Waals surface area contributed by atoms with Crippen molar-refractivity contribution in [3.63, 3.8) is 0 Å². The van der Waals surface area contributed by atoms with Crippen LogP contribution in [0, 0.1) is 0 Å². The monoisotopic (exact) mass is 495 g/mol. The molecule has 11 heteroatoms. The maximum atomic E-state index is 12.5. The van der Waals surface area contributed by atoms with Crippen LogP contribution in [0.1, 0.15) is 32.0 Å². The molecule has 3 aromatic rings. The number of esters is 1. The third-order valence-electron chi connectivity index (χ3n) is 5.14. The van der Waals surface area contributed by atoms with Gasteiger partial charge < -0.3 is 10.1 Å². The number of para-hydroxylation sites is 1. The van der Waals surface area contributed by atoms with Crippen LogP contribution < -0.4 is 10.0 Å². The molecule has 0 saturated heterocycles. The zero-order valence-corrected chi connectivity index (χ0v) is 20.3. The van der Waals surface area contributed by atoms with Crippen molar-refractivity contribution in [2.75, 3.05) is 18.5 Å². The molecule has 0 aliphatic carbocycles.